The van der Waals surface area contributed by atoms with Gasteiger partial charge in [-0.2, -0.15) is 5.10 Å². The molecule has 2 rings (SSSR count). The summed E-state index contributed by atoms with van der Waals surface area (Å²) >= 11 is 0. The van der Waals surface area contributed by atoms with Gasteiger partial charge in [0.05, 0.1) is 11.9 Å². The molecule has 1 aromatic heterocycles. The van der Waals surface area contributed by atoms with Gasteiger partial charge in [-0.05, 0) is 23.1 Å². The SMILES string of the molecule is CC(C)(C)c1cnn(-c2ccccc2)c1. The average Bonchev–Trinajstić information content (AvgIpc) is 2.67. The molecule has 0 bridgehead atoms. The van der Waals surface area contributed by atoms with Gasteiger partial charge in [-0.15, -0.1) is 0 Å². The monoisotopic (exact) mass is 200 g/mol. The molecule has 2 heteroatoms. The van der Waals surface area contributed by atoms with Crippen molar-refractivity contribution in [3.63, 3.8) is 0 Å². The van der Waals surface area contributed by atoms with Crippen molar-refractivity contribution in [1.82, 2.24) is 9.78 Å². The third-order valence-corrected chi connectivity index (χ3v) is 2.47. The van der Waals surface area contributed by atoms with Crippen LogP contribution < -0.4 is 0 Å². The van der Waals surface area contributed by atoms with E-state index in [-0.39, 0.29) is 5.41 Å². The molecule has 0 atom stereocenters. The van der Waals surface area contributed by atoms with Crippen LogP contribution >= 0.6 is 0 Å². The first kappa shape index (κ1) is 9.97. The van der Waals surface area contributed by atoms with E-state index in [0.29, 0.717) is 0 Å². The van der Waals surface area contributed by atoms with Gasteiger partial charge in [0.2, 0.25) is 0 Å². The maximum atomic E-state index is 4.37. The zero-order valence-electron chi connectivity index (χ0n) is 9.44. The van der Waals surface area contributed by atoms with Crippen LogP contribution in [0.2, 0.25) is 0 Å². The van der Waals surface area contributed by atoms with Gasteiger partial charge in [0.15, 0.2) is 0 Å². The van der Waals surface area contributed by atoms with E-state index in [1.807, 2.05) is 29.1 Å². The third-order valence-electron chi connectivity index (χ3n) is 2.47. The summed E-state index contributed by atoms with van der Waals surface area (Å²) in [6, 6.07) is 10.2. The van der Waals surface area contributed by atoms with Crippen molar-refractivity contribution in [1.29, 1.82) is 0 Å². The Morgan fingerprint density at radius 1 is 1.07 bits per heavy atom. The van der Waals surface area contributed by atoms with E-state index in [1.54, 1.807) is 0 Å². The van der Waals surface area contributed by atoms with Gasteiger partial charge in [-0.25, -0.2) is 4.68 Å². The van der Waals surface area contributed by atoms with Gasteiger partial charge in [-0.3, -0.25) is 0 Å². The third kappa shape index (κ3) is 2.09. The van der Waals surface area contributed by atoms with Crippen LogP contribution in [0.1, 0.15) is 26.3 Å². The fourth-order valence-corrected chi connectivity index (χ4v) is 1.43. The molecule has 0 unspecified atom stereocenters. The highest BCUT2D eigenvalue weighted by molar-refractivity contribution is 5.31. The van der Waals surface area contributed by atoms with Gasteiger partial charge in [-0.1, -0.05) is 39.0 Å². The summed E-state index contributed by atoms with van der Waals surface area (Å²) in [6.45, 7) is 6.58. The number of hydrogen-bond donors (Lipinski definition) is 0. The van der Waals surface area contributed by atoms with Gasteiger partial charge < -0.3 is 0 Å². The van der Waals surface area contributed by atoms with E-state index in [2.05, 4.69) is 44.2 Å². The minimum absolute atomic E-state index is 0.160. The molecule has 2 aromatic rings. The van der Waals surface area contributed by atoms with Crippen molar-refractivity contribution in [2.45, 2.75) is 26.2 Å². The van der Waals surface area contributed by atoms with Crippen LogP contribution in [-0.4, -0.2) is 9.78 Å². The Morgan fingerprint density at radius 2 is 1.73 bits per heavy atom. The molecule has 78 valence electrons. The Kier molecular flexibility index (Phi) is 2.35. The summed E-state index contributed by atoms with van der Waals surface area (Å²) in [5.74, 6) is 0. The lowest BCUT2D eigenvalue weighted by Gasteiger charge is -2.14. The maximum Gasteiger partial charge on any atom is 0.0645 e. The highest BCUT2D eigenvalue weighted by Gasteiger charge is 2.15. The minimum Gasteiger partial charge on any atom is -0.241 e. The molecule has 2 nitrogen and oxygen atoms in total. The Labute approximate surface area is 90.6 Å². The number of benzene rings is 1. The summed E-state index contributed by atoms with van der Waals surface area (Å²) in [5.41, 5.74) is 2.52. The first-order chi connectivity index (χ1) is 7.07. The molecule has 0 saturated carbocycles. The van der Waals surface area contributed by atoms with E-state index >= 15 is 0 Å². The van der Waals surface area contributed by atoms with Gasteiger partial charge in [0.1, 0.15) is 0 Å². The summed E-state index contributed by atoms with van der Waals surface area (Å²) in [6.07, 6.45) is 4.03. The van der Waals surface area contributed by atoms with E-state index in [0.717, 1.165) is 5.69 Å². The number of hydrogen-bond acceptors (Lipinski definition) is 1. The number of para-hydroxylation sites is 1. The normalized spacial score (nSPS) is 11.7. The second kappa shape index (κ2) is 3.54. The molecule has 0 N–H and O–H groups in total. The lowest BCUT2D eigenvalue weighted by atomic mass is 9.90. The predicted octanol–water partition coefficient (Wildman–Crippen LogP) is 3.17. The van der Waals surface area contributed by atoms with Crippen LogP contribution in [0, 0.1) is 0 Å². The summed E-state index contributed by atoms with van der Waals surface area (Å²) in [5, 5.41) is 4.37. The molecule has 0 aliphatic heterocycles. The molecule has 0 fully saturated rings. The summed E-state index contributed by atoms with van der Waals surface area (Å²) in [7, 11) is 0. The van der Waals surface area contributed by atoms with Crippen LogP contribution in [0.3, 0.4) is 0 Å². The van der Waals surface area contributed by atoms with Crippen LogP contribution in [0.25, 0.3) is 5.69 Å². The molecule has 1 aromatic carbocycles. The van der Waals surface area contributed by atoms with Crippen molar-refractivity contribution in [2.24, 2.45) is 0 Å². The second-order valence-electron chi connectivity index (χ2n) is 4.76. The van der Waals surface area contributed by atoms with Crippen LogP contribution in [0.4, 0.5) is 0 Å². The molecule has 0 aliphatic rings. The van der Waals surface area contributed by atoms with Crippen LogP contribution in [0.15, 0.2) is 42.7 Å². The van der Waals surface area contributed by atoms with Crippen molar-refractivity contribution in [3.05, 3.63) is 48.3 Å². The fourth-order valence-electron chi connectivity index (χ4n) is 1.43. The summed E-state index contributed by atoms with van der Waals surface area (Å²) < 4.78 is 1.92. The lowest BCUT2D eigenvalue weighted by molar-refractivity contribution is 0.590. The van der Waals surface area contributed by atoms with Crippen LogP contribution in [0.5, 0.6) is 0 Å². The molecule has 0 amide bonds. The molecule has 0 aliphatic carbocycles. The fraction of sp³-hybridized carbons (Fsp3) is 0.308. The summed E-state index contributed by atoms with van der Waals surface area (Å²) in [4.78, 5) is 0. The minimum atomic E-state index is 0.160. The highest BCUT2D eigenvalue weighted by atomic mass is 15.3. The molecular formula is C13H16N2. The molecule has 1 heterocycles. The molecule has 0 saturated heterocycles. The molecule has 15 heavy (non-hydrogen) atoms. The smallest absolute Gasteiger partial charge is 0.0645 e. The van der Waals surface area contributed by atoms with E-state index < -0.39 is 0 Å². The van der Waals surface area contributed by atoms with E-state index in [1.165, 1.54) is 5.56 Å². The quantitative estimate of drug-likeness (QED) is 0.691. The van der Waals surface area contributed by atoms with E-state index in [4.69, 9.17) is 0 Å². The lowest BCUT2D eigenvalue weighted by Crippen LogP contribution is -2.09. The van der Waals surface area contributed by atoms with Gasteiger partial charge in [0, 0.05) is 6.20 Å². The molecule has 0 spiro atoms. The Bertz CT molecular complexity index is 435. The topological polar surface area (TPSA) is 17.8 Å². The highest BCUT2D eigenvalue weighted by Crippen LogP contribution is 2.22. The zero-order valence-corrected chi connectivity index (χ0v) is 9.44. The first-order valence-corrected chi connectivity index (χ1v) is 5.18. The average molecular weight is 200 g/mol. The first-order valence-electron chi connectivity index (χ1n) is 5.18. The number of aromatic nitrogens is 2. The Morgan fingerprint density at radius 3 is 2.27 bits per heavy atom. The zero-order chi connectivity index (χ0) is 10.9. The largest absolute Gasteiger partial charge is 0.241 e. The molecular weight excluding hydrogens is 184 g/mol. The van der Waals surface area contributed by atoms with Crippen LogP contribution in [-0.2, 0) is 5.41 Å². The van der Waals surface area contributed by atoms with Gasteiger partial charge in [0.25, 0.3) is 0 Å². The predicted molar refractivity (Wildman–Crippen MR) is 62.3 cm³/mol. The van der Waals surface area contributed by atoms with Crippen molar-refractivity contribution in [3.8, 4) is 5.69 Å². The van der Waals surface area contributed by atoms with Crippen molar-refractivity contribution >= 4 is 0 Å². The Hall–Kier alpha value is -1.57. The standard InChI is InChI=1S/C13H16N2/c1-13(2,3)11-9-14-15(10-11)12-7-5-4-6-8-12/h4-10H,1-3H3. The van der Waals surface area contributed by atoms with E-state index in [9.17, 15) is 0 Å². The maximum absolute atomic E-state index is 4.37. The van der Waals surface area contributed by atoms with Crippen molar-refractivity contribution < 1.29 is 0 Å². The number of nitrogens with zero attached hydrogens (tertiary/aromatic N) is 2. The Balaban J connectivity index is 2.37. The second-order valence-corrected chi connectivity index (χ2v) is 4.76. The van der Waals surface area contributed by atoms with Crippen molar-refractivity contribution in [2.75, 3.05) is 0 Å². The molecule has 0 radical (unpaired) electrons. The van der Waals surface area contributed by atoms with Gasteiger partial charge >= 0.3 is 0 Å². The number of rotatable bonds is 1.